The number of nitrogens with zero attached hydrogens (tertiary/aromatic N) is 1. The zero-order valence-corrected chi connectivity index (χ0v) is 16.3. The van der Waals surface area contributed by atoms with Crippen molar-refractivity contribution in [3.05, 3.63) is 36.4 Å². The average molecular weight is 398 g/mol. The summed E-state index contributed by atoms with van der Waals surface area (Å²) in [6.45, 7) is 1.28. The maximum atomic E-state index is 12.7. The van der Waals surface area contributed by atoms with Crippen LogP contribution in [0.5, 0.6) is 23.0 Å². The first-order valence-corrected chi connectivity index (χ1v) is 9.32. The van der Waals surface area contributed by atoms with Crippen molar-refractivity contribution < 1.29 is 28.5 Å². The lowest BCUT2D eigenvalue weighted by molar-refractivity contribution is -0.122. The minimum absolute atomic E-state index is 0.103. The molecule has 0 bridgehead atoms. The number of hydrogen-bond acceptors (Lipinski definition) is 6. The summed E-state index contributed by atoms with van der Waals surface area (Å²) in [5, 5.41) is 2.85. The zero-order chi connectivity index (χ0) is 20.4. The van der Waals surface area contributed by atoms with Crippen LogP contribution in [0.25, 0.3) is 0 Å². The number of benzene rings is 2. The van der Waals surface area contributed by atoms with Crippen LogP contribution < -0.4 is 29.2 Å². The summed E-state index contributed by atoms with van der Waals surface area (Å²) in [6.07, 6.45) is 0.146. The Bertz CT molecular complexity index is 945. The van der Waals surface area contributed by atoms with E-state index < -0.39 is 5.92 Å². The summed E-state index contributed by atoms with van der Waals surface area (Å²) in [7, 11) is 3.08. The Balaban J connectivity index is 1.46. The van der Waals surface area contributed by atoms with Gasteiger partial charge in [-0.3, -0.25) is 9.59 Å². The van der Waals surface area contributed by atoms with Crippen LogP contribution in [-0.2, 0) is 9.59 Å². The van der Waals surface area contributed by atoms with Crippen molar-refractivity contribution >= 4 is 23.2 Å². The zero-order valence-electron chi connectivity index (χ0n) is 16.3. The molecule has 8 heteroatoms. The first kappa shape index (κ1) is 18.9. The molecule has 2 aliphatic heterocycles. The highest BCUT2D eigenvalue weighted by Crippen LogP contribution is 2.36. The van der Waals surface area contributed by atoms with Gasteiger partial charge in [-0.25, -0.2) is 0 Å². The largest absolute Gasteiger partial charge is 0.493 e. The SMILES string of the molecule is COc1ccc(NC(=O)C2CC(=O)N(c3ccc4c(c3)OCCO4)C2)cc1OC. The van der Waals surface area contributed by atoms with E-state index in [9.17, 15) is 9.59 Å². The van der Waals surface area contributed by atoms with Gasteiger partial charge in [-0.05, 0) is 24.3 Å². The van der Waals surface area contributed by atoms with Crippen molar-refractivity contribution in [2.45, 2.75) is 6.42 Å². The summed E-state index contributed by atoms with van der Waals surface area (Å²) in [6, 6.07) is 10.5. The van der Waals surface area contributed by atoms with Crippen LogP contribution in [0.1, 0.15) is 6.42 Å². The number of carbonyl (C=O) groups is 2. The molecule has 8 nitrogen and oxygen atoms in total. The fourth-order valence-corrected chi connectivity index (χ4v) is 3.49. The number of anilines is 2. The molecular weight excluding hydrogens is 376 g/mol. The Morgan fingerprint density at radius 2 is 1.79 bits per heavy atom. The molecule has 0 aromatic heterocycles. The average Bonchev–Trinajstić information content (AvgIpc) is 3.15. The van der Waals surface area contributed by atoms with E-state index in [-0.39, 0.29) is 18.2 Å². The van der Waals surface area contributed by atoms with Gasteiger partial charge in [-0.1, -0.05) is 0 Å². The van der Waals surface area contributed by atoms with E-state index >= 15 is 0 Å². The third kappa shape index (κ3) is 3.78. The van der Waals surface area contributed by atoms with Gasteiger partial charge in [0, 0.05) is 36.5 Å². The Hall–Kier alpha value is -3.42. The lowest BCUT2D eigenvalue weighted by atomic mass is 10.1. The van der Waals surface area contributed by atoms with Crippen molar-refractivity contribution in [2.75, 3.05) is 44.2 Å². The molecule has 2 amide bonds. The third-order valence-electron chi connectivity index (χ3n) is 4.98. The Morgan fingerprint density at radius 1 is 1.03 bits per heavy atom. The highest BCUT2D eigenvalue weighted by molar-refractivity contribution is 6.03. The van der Waals surface area contributed by atoms with Gasteiger partial charge in [0.05, 0.1) is 20.1 Å². The lowest BCUT2D eigenvalue weighted by Gasteiger charge is -2.22. The number of rotatable bonds is 5. The molecule has 1 N–H and O–H groups in total. The number of hydrogen-bond donors (Lipinski definition) is 1. The first-order chi connectivity index (χ1) is 14.1. The van der Waals surface area contributed by atoms with Crippen molar-refractivity contribution in [1.82, 2.24) is 0 Å². The second kappa shape index (κ2) is 7.90. The smallest absolute Gasteiger partial charge is 0.229 e. The summed E-state index contributed by atoms with van der Waals surface area (Å²) in [5.41, 5.74) is 1.28. The maximum Gasteiger partial charge on any atom is 0.229 e. The molecule has 1 saturated heterocycles. The summed E-state index contributed by atoms with van der Waals surface area (Å²) >= 11 is 0. The Morgan fingerprint density at radius 3 is 2.55 bits per heavy atom. The van der Waals surface area contributed by atoms with Crippen LogP contribution in [0.15, 0.2) is 36.4 Å². The molecule has 2 heterocycles. The van der Waals surface area contributed by atoms with Gasteiger partial charge in [0.2, 0.25) is 11.8 Å². The van der Waals surface area contributed by atoms with E-state index in [0.717, 1.165) is 0 Å². The van der Waals surface area contributed by atoms with Crippen LogP contribution in [0.4, 0.5) is 11.4 Å². The van der Waals surface area contributed by atoms with Crippen molar-refractivity contribution in [3.63, 3.8) is 0 Å². The topological polar surface area (TPSA) is 86.3 Å². The molecule has 152 valence electrons. The second-order valence-electron chi connectivity index (χ2n) is 6.79. The van der Waals surface area contributed by atoms with E-state index in [1.54, 1.807) is 48.4 Å². The van der Waals surface area contributed by atoms with Crippen LogP contribution in [0.3, 0.4) is 0 Å². The molecule has 1 atom stereocenters. The van der Waals surface area contributed by atoms with Gasteiger partial charge in [0.15, 0.2) is 23.0 Å². The van der Waals surface area contributed by atoms with Gasteiger partial charge in [-0.2, -0.15) is 0 Å². The van der Waals surface area contributed by atoms with Gasteiger partial charge in [0.1, 0.15) is 13.2 Å². The number of nitrogens with one attached hydrogen (secondary N) is 1. The van der Waals surface area contributed by atoms with Gasteiger partial charge in [-0.15, -0.1) is 0 Å². The van der Waals surface area contributed by atoms with E-state index in [1.807, 2.05) is 0 Å². The molecule has 0 aliphatic carbocycles. The number of fused-ring (bicyclic) bond motifs is 1. The fraction of sp³-hybridized carbons (Fsp3) is 0.333. The standard InChI is InChI=1S/C21H22N2O6/c1-26-16-5-3-14(10-18(16)27-2)22-21(25)13-9-20(24)23(12-13)15-4-6-17-19(11-15)29-8-7-28-17/h3-6,10-11,13H,7-9,12H2,1-2H3,(H,22,25). The minimum atomic E-state index is -0.455. The molecule has 4 rings (SSSR count). The van der Waals surface area contributed by atoms with Crippen molar-refractivity contribution in [1.29, 1.82) is 0 Å². The van der Waals surface area contributed by atoms with Gasteiger partial charge >= 0.3 is 0 Å². The quantitative estimate of drug-likeness (QED) is 0.833. The van der Waals surface area contributed by atoms with Gasteiger partial charge in [0.25, 0.3) is 0 Å². The molecule has 0 spiro atoms. The molecule has 2 aromatic rings. The molecule has 29 heavy (non-hydrogen) atoms. The van der Waals surface area contributed by atoms with Crippen molar-refractivity contribution in [3.8, 4) is 23.0 Å². The van der Waals surface area contributed by atoms with E-state index in [4.69, 9.17) is 18.9 Å². The van der Waals surface area contributed by atoms with Gasteiger partial charge < -0.3 is 29.2 Å². The monoisotopic (exact) mass is 398 g/mol. The lowest BCUT2D eigenvalue weighted by Crippen LogP contribution is -2.28. The van der Waals surface area contributed by atoms with E-state index in [1.165, 1.54) is 7.11 Å². The molecular formula is C21H22N2O6. The Kier molecular flexibility index (Phi) is 5.16. The van der Waals surface area contributed by atoms with Crippen LogP contribution in [0, 0.1) is 5.92 Å². The highest BCUT2D eigenvalue weighted by atomic mass is 16.6. The predicted octanol–water partition coefficient (Wildman–Crippen LogP) is 2.47. The summed E-state index contributed by atoms with van der Waals surface area (Å²) in [4.78, 5) is 26.9. The molecule has 2 aliphatic rings. The van der Waals surface area contributed by atoms with E-state index in [0.29, 0.717) is 54.1 Å². The van der Waals surface area contributed by atoms with Crippen LogP contribution in [-0.4, -0.2) is 45.8 Å². The third-order valence-corrected chi connectivity index (χ3v) is 4.98. The van der Waals surface area contributed by atoms with E-state index in [2.05, 4.69) is 5.32 Å². The molecule has 2 aromatic carbocycles. The minimum Gasteiger partial charge on any atom is -0.493 e. The predicted molar refractivity (Wildman–Crippen MR) is 106 cm³/mol. The summed E-state index contributed by atoms with van der Waals surface area (Å²) < 4.78 is 21.6. The molecule has 1 fully saturated rings. The highest BCUT2D eigenvalue weighted by Gasteiger charge is 2.35. The normalized spacial score (nSPS) is 17.8. The maximum absolute atomic E-state index is 12.7. The Labute approximate surface area is 168 Å². The molecule has 0 saturated carbocycles. The first-order valence-electron chi connectivity index (χ1n) is 9.32. The van der Waals surface area contributed by atoms with Crippen molar-refractivity contribution in [2.24, 2.45) is 5.92 Å². The number of amides is 2. The molecule has 1 unspecified atom stereocenters. The number of methoxy groups -OCH3 is 2. The fourth-order valence-electron chi connectivity index (χ4n) is 3.49. The van der Waals surface area contributed by atoms with Crippen LogP contribution >= 0.6 is 0 Å². The molecule has 0 radical (unpaired) electrons. The second-order valence-corrected chi connectivity index (χ2v) is 6.79. The van der Waals surface area contributed by atoms with Crippen LogP contribution in [0.2, 0.25) is 0 Å². The number of carbonyl (C=O) groups excluding carboxylic acids is 2. The number of ether oxygens (including phenoxy) is 4. The summed E-state index contributed by atoms with van der Waals surface area (Å²) in [5.74, 6) is 1.59.